The Morgan fingerprint density at radius 1 is 1.57 bits per heavy atom. The number of hydrogen-bond acceptors (Lipinski definition) is 5. The minimum Gasteiger partial charge on any atom is -0.336 e. The Morgan fingerprint density at radius 2 is 2.38 bits per heavy atom. The van der Waals surface area contributed by atoms with Gasteiger partial charge in [-0.1, -0.05) is 12.1 Å². The molecule has 1 aromatic heterocycles. The highest BCUT2D eigenvalue weighted by atomic mass is 32.1. The van der Waals surface area contributed by atoms with Crippen LogP contribution in [0.2, 0.25) is 0 Å². The molecule has 1 aliphatic heterocycles. The maximum absolute atomic E-state index is 12.7. The lowest BCUT2D eigenvalue weighted by atomic mass is 10.1. The van der Waals surface area contributed by atoms with Gasteiger partial charge in [0.25, 0.3) is 0 Å². The first-order valence-corrected chi connectivity index (χ1v) is 7.78. The fourth-order valence-electron chi connectivity index (χ4n) is 2.56. The zero-order valence-electron chi connectivity index (χ0n) is 11.7. The number of thiazole rings is 1. The summed E-state index contributed by atoms with van der Waals surface area (Å²) >= 11 is 1.43. The van der Waals surface area contributed by atoms with Crippen molar-refractivity contribution in [1.29, 1.82) is 5.26 Å². The van der Waals surface area contributed by atoms with E-state index in [1.54, 1.807) is 4.90 Å². The molecule has 2 heterocycles. The summed E-state index contributed by atoms with van der Waals surface area (Å²) in [7, 11) is 0. The van der Waals surface area contributed by atoms with Gasteiger partial charge in [0.15, 0.2) is 5.92 Å². The maximum Gasteiger partial charge on any atom is 0.247 e. The largest absolute Gasteiger partial charge is 0.336 e. The Hall–Kier alpha value is -1.97. The summed E-state index contributed by atoms with van der Waals surface area (Å²) in [5.41, 5.74) is 0.846. The highest BCUT2D eigenvalue weighted by Crippen LogP contribution is 2.28. The summed E-state index contributed by atoms with van der Waals surface area (Å²) in [6.07, 6.45) is 0. The number of rotatable bonds is 2. The number of piperazine rings is 1. The highest BCUT2D eigenvalue weighted by molar-refractivity contribution is 7.18. The van der Waals surface area contributed by atoms with Crippen molar-refractivity contribution in [3.63, 3.8) is 0 Å². The molecular weight excluding hydrogens is 284 g/mol. The van der Waals surface area contributed by atoms with Crippen molar-refractivity contribution in [2.45, 2.75) is 18.9 Å². The van der Waals surface area contributed by atoms with E-state index in [0.29, 0.717) is 11.6 Å². The number of carbonyl (C=O) groups excluding carboxylic acids is 1. The van der Waals surface area contributed by atoms with E-state index >= 15 is 0 Å². The maximum atomic E-state index is 12.7. The minimum absolute atomic E-state index is 0.108. The van der Waals surface area contributed by atoms with Crippen molar-refractivity contribution < 1.29 is 4.79 Å². The van der Waals surface area contributed by atoms with E-state index in [1.165, 1.54) is 11.3 Å². The van der Waals surface area contributed by atoms with E-state index in [9.17, 15) is 10.1 Å². The number of benzene rings is 1. The smallest absolute Gasteiger partial charge is 0.247 e. The van der Waals surface area contributed by atoms with Gasteiger partial charge in [0.2, 0.25) is 5.91 Å². The summed E-state index contributed by atoms with van der Waals surface area (Å²) in [5.74, 6) is -0.937. The zero-order chi connectivity index (χ0) is 14.8. The van der Waals surface area contributed by atoms with Crippen LogP contribution >= 0.6 is 11.3 Å². The SMILES string of the molecule is CC1CNCCN1C(=O)C(C#N)c1nc2ccccc2s1. The molecule has 0 aliphatic carbocycles. The number of carbonyl (C=O) groups is 1. The molecule has 1 saturated heterocycles. The van der Waals surface area contributed by atoms with E-state index in [0.717, 1.165) is 23.3 Å². The van der Waals surface area contributed by atoms with E-state index in [1.807, 2.05) is 31.2 Å². The Kier molecular flexibility index (Phi) is 3.86. The van der Waals surface area contributed by atoms with Crippen molar-refractivity contribution in [2.24, 2.45) is 0 Å². The van der Waals surface area contributed by atoms with Gasteiger partial charge in [-0.05, 0) is 19.1 Å². The molecule has 21 heavy (non-hydrogen) atoms. The van der Waals surface area contributed by atoms with E-state index in [-0.39, 0.29) is 11.9 Å². The first-order chi connectivity index (χ1) is 10.2. The van der Waals surface area contributed by atoms with Crippen LogP contribution in [0, 0.1) is 11.3 Å². The Balaban J connectivity index is 1.90. The van der Waals surface area contributed by atoms with Crippen molar-refractivity contribution >= 4 is 27.5 Å². The highest BCUT2D eigenvalue weighted by Gasteiger charge is 2.32. The molecule has 2 aromatic rings. The van der Waals surface area contributed by atoms with Crippen LogP contribution in [0.1, 0.15) is 17.8 Å². The molecule has 6 heteroatoms. The number of nitriles is 1. The number of nitrogens with zero attached hydrogens (tertiary/aromatic N) is 3. The van der Waals surface area contributed by atoms with Crippen LogP contribution in [-0.4, -0.2) is 41.5 Å². The van der Waals surface area contributed by atoms with Crippen molar-refractivity contribution in [2.75, 3.05) is 19.6 Å². The molecular formula is C15H16N4OS. The molecule has 0 saturated carbocycles. The second-order valence-electron chi connectivity index (χ2n) is 5.17. The van der Waals surface area contributed by atoms with Crippen LogP contribution < -0.4 is 5.32 Å². The third-order valence-corrected chi connectivity index (χ3v) is 4.82. The lowest BCUT2D eigenvalue weighted by Gasteiger charge is -2.34. The summed E-state index contributed by atoms with van der Waals surface area (Å²) in [4.78, 5) is 18.9. The Bertz CT molecular complexity index is 672. The Morgan fingerprint density at radius 3 is 3.10 bits per heavy atom. The van der Waals surface area contributed by atoms with Crippen LogP contribution in [0.15, 0.2) is 24.3 Å². The minimum atomic E-state index is -0.803. The molecule has 1 amide bonds. The average Bonchev–Trinajstić information content (AvgIpc) is 2.91. The fourth-order valence-corrected chi connectivity index (χ4v) is 3.57. The summed E-state index contributed by atoms with van der Waals surface area (Å²) in [5, 5.41) is 13.3. The van der Waals surface area contributed by atoms with Gasteiger partial charge in [0.05, 0.1) is 16.3 Å². The number of fused-ring (bicyclic) bond motifs is 1. The molecule has 1 fully saturated rings. The molecule has 1 aromatic carbocycles. The predicted octanol–water partition coefficient (Wildman–Crippen LogP) is 1.72. The molecule has 108 valence electrons. The standard InChI is InChI=1S/C15H16N4OS/c1-10-9-17-6-7-19(10)15(20)11(8-16)14-18-12-4-2-3-5-13(12)21-14/h2-5,10-11,17H,6-7,9H2,1H3. The van der Waals surface area contributed by atoms with Crippen LogP contribution in [0.25, 0.3) is 10.2 Å². The molecule has 2 unspecified atom stereocenters. The number of aromatic nitrogens is 1. The fraction of sp³-hybridized carbons (Fsp3) is 0.400. The first kappa shape index (κ1) is 14.0. The van der Waals surface area contributed by atoms with Crippen LogP contribution in [0.5, 0.6) is 0 Å². The molecule has 5 nitrogen and oxygen atoms in total. The summed E-state index contributed by atoms with van der Waals surface area (Å²) in [6, 6.07) is 9.95. The monoisotopic (exact) mass is 300 g/mol. The number of para-hydroxylation sites is 1. The number of amides is 1. The Labute approximate surface area is 127 Å². The van der Waals surface area contributed by atoms with Gasteiger partial charge in [-0.25, -0.2) is 4.98 Å². The normalized spacial score (nSPS) is 20.2. The predicted molar refractivity (Wildman–Crippen MR) is 82.0 cm³/mol. The topological polar surface area (TPSA) is 69.0 Å². The molecule has 0 radical (unpaired) electrons. The van der Waals surface area contributed by atoms with Crippen molar-refractivity contribution in [3.8, 4) is 6.07 Å². The third kappa shape index (κ3) is 2.62. The quantitative estimate of drug-likeness (QED) is 0.917. The molecule has 0 spiro atoms. The van der Waals surface area contributed by atoms with Crippen LogP contribution in [0.3, 0.4) is 0 Å². The van der Waals surface area contributed by atoms with Crippen molar-refractivity contribution in [3.05, 3.63) is 29.3 Å². The lowest BCUT2D eigenvalue weighted by Crippen LogP contribution is -2.53. The van der Waals surface area contributed by atoms with Gasteiger partial charge in [0, 0.05) is 25.7 Å². The first-order valence-electron chi connectivity index (χ1n) is 6.97. The third-order valence-electron chi connectivity index (χ3n) is 3.72. The number of nitrogens with one attached hydrogen (secondary N) is 1. The second-order valence-corrected chi connectivity index (χ2v) is 6.23. The molecule has 0 bridgehead atoms. The second kappa shape index (κ2) is 5.80. The molecule has 1 aliphatic rings. The zero-order valence-corrected chi connectivity index (χ0v) is 12.6. The molecule has 3 rings (SSSR count). The van der Waals surface area contributed by atoms with Gasteiger partial charge in [-0.15, -0.1) is 11.3 Å². The van der Waals surface area contributed by atoms with Crippen LogP contribution in [0.4, 0.5) is 0 Å². The van der Waals surface area contributed by atoms with E-state index < -0.39 is 5.92 Å². The van der Waals surface area contributed by atoms with Gasteiger partial charge in [0.1, 0.15) is 5.01 Å². The molecule has 1 N–H and O–H groups in total. The van der Waals surface area contributed by atoms with E-state index in [4.69, 9.17) is 0 Å². The van der Waals surface area contributed by atoms with Gasteiger partial charge in [-0.2, -0.15) is 5.26 Å². The number of hydrogen-bond donors (Lipinski definition) is 1. The van der Waals surface area contributed by atoms with Crippen LogP contribution in [-0.2, 0) is 4.79 Å². The summed E-state index contributed by atoms with van der Waals surface area (Å²) in [6.45, 7) is 4.18. The van der Waals surface area contributed by atoms with Gasteiger partial charge >= 0.3 is 0 Å². The summed E-state index contributed by atoms with van der Waals surface area (Å²) < 4.78 is 1.01. The average molecular weight is 300 g/mol. The van der Waals surface area contributed by atoms with Gasteiger partial charge in [-0.3, -0.25) is 4.79 Å². The van der Waals surface area contributed by atoms with Gasteiger partial charge < -0.3 is 10.2 Å². The van der Waals surface area contributed by atoms with Crippen molar-refractivity contribution in [1.82, 2.24) is 15.2 Å². The lowest BCUT2D eigenvalue weighted by molar-refractivity contribution is -0.134. The van der Waals surface area contributed by atoms with E-state index in [2.05, 4.69) is 16.4 Å². The molecule has 2 atom stereocenters.